The van der Waals surface area contributed by atoms with Crippen molar-refractivity contribution in [2.45, 2.75) is 6.92 Å². The van der Waals surface area contributed by atoms with Gasteiger partial charge in [0.1, 0.15) is 17.5 Å². The Morgan fingerprint density at radius 1 is 1.28 bits per heavy atom. The monoisotopic (exact) mass is 237 g/mol. The molecule has 0 spiro atoms. The highest BCUT2D eigenvalue weighted by molar-refractivity contribution is 6.02. The summed E-state index contributed by atoms with van der Waals surface area (Å²) in [5, 5.41) is 11.5. The summed E-state index contributed by atoms with van der Waals surface area (Å²) in [6.07, 6.45) is 0. The summed E-state index contributed by atoms with van der Waals surface area (Å²) < 4.78 is 0. The maximum atomic E-state index is 11.9. The first-order valence-electron chi connectivity index (χ1n) is 5.44. The topological polar surface area (TPSA) is 65.8 Å². The molecule has 0 saturated carbocycles. The largest absolute Gasteiger partial charge is 0.321 e. The van der Waals surface area contributed by atoms with Gasteiger partial charge >= 0.3 is 0 Å². The average molecular weight is 237 g/mol. The summed E-state index contributed by atoms with van der Waals surface area (Å²) in [5.41, 5.74) is 2.23. The molecule has 0 aliphatic carbocycles. The summed E-state index contributed by atoms with van der Waals surface area (Å²) in [7, 11) is 0. The number of nitriles is 1. The van der Waals surface area contributed by atoms with E-state index in [0.717, 1.165) is 5.56 Å². The predicted octanol–water partition coefficient (Wildman–Crippen LogP) is 2.51. The number of hydrogen-bond acceptors (Lipinski definition) is 3. The van der Waals surface area contributed by atoms with Crippen molar-refractivity contribution in [3.05, 3.63) is 59.4 Å². The fourth-order valence-electron chi connectivity index (χ4n) is 1.54. The molecule has 0 saturated heterocycles. The maximum absolute atomic E-state index is 11.9. The molecule has 2 rings (SSSR count). The molecule has 0 unspecified atom stereocenters. The zero-order valence-corrected chi connectivity index (χ0v) is 9.84. The second kappa shape index (κ2) is 5.11. The molecule has 0 bridgehead atoms. The molecule has 0 atom stereocenters. The Hall–Kier alpha value is -2.67. The van der Waals surface area contributed by atoms with E-state index in [-0.39, 0.29) is 17.3 Å². The number of carbonyl (C=O) groups is 1. The first-order chi connectivity index (χ1) is 8.69. The van der Waals surface area contributed by atoms with Crippen LogP contribution in [0.15, 0.2) is 42.5 Å². The van der Waals surface area contributed by atoms with Gasteiger partial charge in [0.2, 0.25) is 0 Å². The Balaban J connectivity index is 2.20. The normalized spacial score (nSPS) is 9.56. The van der Waals surface area contributed by atoms with E-state index in [1.807, 2.05) is 31.2 Å². The number of pyridine rings is 1. The molecule has 4 heteroatoms. The number of anilines is 1. The molecule has 18 heavy (non-hydrogen) atoms. The standard InChI is InChI=1S/C14H11N3O/c1-10-4-2-5-11(8-10)17-14(18)13-7-3-6-12(9-15)16-13/h2-8H,1H3,(H,17,18). The molecular formula is C14H11N3O. The molecule has 0 aliphatic rings. The Morgan fingerprint density at radius 3 is 2.78 bits per heavy atom. The van der Waals surface area contributed by atoms with Crippen LogP contribution in [-0.2, 0) is 0 Å². The number of carbonyl (C=O) groups excluding carboxylic acids is 1. The minimum Gasteiger partial charge on any atom is -0.321 e. The first-order valence-corrected chi connectivity index (χ1v) is 5.44. The van der Waals surface area contributed by atoms with Crippen molar-refractivity contribution in [3.63, 3.8) is 0 Å². The van der Waals surface area contributed by atoms with Gasteiger partial charge in [0.15, 0.2) is 0 Å². The van der Waals surface area contributed by atoms with Gasteiger partial charge in [-0.2, -0.15) is 5.26 Å². The molecule has 0 fully saturated rings. The van der Waals surface area contributed by atoms with Gasteiger partial charge in [-0.25, -0.2) is 4.98 Å². The molecule has 88 valence electrons. The van der Waals surface area contributed by atoms with Crippen LogP contribution >= 0.6 is 0 Å². The molecule has 1 amide bonds. The molecule has 1 heterocycles. The van der Waals surface area contributed by atoms with Crippen LogP contribution in [0.4, 0.5) is 5.69 Å². The third-order valence-corrected chi connectivity index (χ3v) is 2.37. The van der Waals surface area contributed by atoms with E-state index < -0.39 is 0 Å². The van der Waals surface area contributed by atoms with E-state index in [4.69, 9.17) is 5.26 Å². The highest BCUT2D eigenvalue weighted by atomic mass is 16.1. The predicted molar refractivity (Wildman–Crippen MR) is 68.1 cm³/mol. The summed E-state index contributed by atoms with van der Waals surface area (Å²) in [4.78, 5) is 15.8. The molecule has 2 aromatic rings. The van der Waals surface area contributed by atoms with Gasteiger partial charge in [0, 0.05) is 5.69 Å². The fourth-order valence-corrected chi connectivity index (χ4v) is 1.54. The summed E-state index contributed by atoms with van der Waals surface area (Å²) in [6.45, 7) is 1.95. The van der Waals surface area contributed by atoms with Crippen molar-refractivity contribution in [2.75, 3.05) is 5.32 Å². The molecule has 4 nitrogen and oxygen atoms in total. The van der Waals surface area contributed by atoms with Crippen LogP contribution < -0.4 is 5.32 Å². The van der Waals surface area contributed by atoms with Crippen LogP contribution in [0, 0.1) is 18.3 Å². The van der Waals surface area contributed by atoms with Crippen molar-refractivity contribution in [2.24, 2.45) is 0 Å². The quantitative estimate of drug-likeness (QED) is 0.872. The Kier molecular flexibility index (Phi) is 3.35. The summed E-state index contributed by atoms with van der Waals surface area (Å²) in [6, 6.07) is 14.2. The Bertz CT molecular complexity index is 629. The minimum atomic E-state index is -0.322. The lowest BCUT2D eigenvalue weighted by molar-refractivity contribution is 0.102. The number of aromatic nitrogens is 1. The van der Waals surface area contributed by atoms with Gasteiger partial charge in [-0.3, -0.25) is 4.79 Å². The molecular weight excluding hydrogens is 226 g/mol. The van der Waals surface area contributed by atoms with Crippen molar-refractivity contribution in [1.29, 1.82) is 5.26 Å². The fraction of sp³-hybridized carbons (Fsp3) is 0.0714. The summed E-state index contributed by atoms with van der Waals surface area (Å²) >= 11 is 0. The minimum absolute atomic E-state index is 0.229. The number of hydrogen-bond donors (Lipinski definition) is 1. The lowest BCUT2D eigenvalue weighted by Gasteiger charge is -2.05. The maximum Gasteiger partial charge on any atom is 0.274 e. The van der Waals surface area contributed by atoms with Crippen LogP contribution in [0.3, 0.4) is 0 Å². The Morgan fingerprint density at radius 2 is 2.06 bits per heavy atom. The van der Waals surface area contributed by atoms with Crippen LogP contribution in [0.2, 0.25) is 0 Å². The smallest absolute Gasteiger partial charge is 0.274 e. The molecule has 1 aromatic carbocycles. The van der Waals surface area contributed by atoms with Gasteiger partial charge in [-0.05, 0) is 36.8 Å². The number of benzene rings is 1. The highest BCUT2D eigenvalue weighted by Crippen LogP contribution is 2.11. The second-order valence-electron chi connectivity index (χ2n) is 3.84. The number of nitrogens with one attached hydrogen (secondary N) is 1. The van der Waals surface area contributed by atoms with E-state index in [9.17, 15) is 4.79 Å². The van der Waals surface area contributed by atoms with Gasteiger partial charge in [-0.1, -0.05) is 18.2 Å². The molecule has 1 aromatic heterocycles. The van der Waals surface area contributed by atoms with E-state index in [0.29, 0.717) is 5.69 Å². The van der Waals surface area contributed by atoms with E-state index >= 15 is 0 Å². The third-order valence-electron chi connectivity index (χ3n) is 2.37. The van der Waals surface area contributed by atoms with Crippen molar-refractivity contribution in [1.82, 2.24) is 4.98 Å². The molecule has 0 radical (unpaired) electrons. The molecule has 0 aliphatic heterocycles. The van der Waals surface area contributed by atoms with Crippen molar-refractivity contribution >= 4 is 11.6 Å². The van der Waals surface area contributed by atoms with Crippen molar-refractivity contribution < 1.29 is 4.79 Å². The highest BCUT2D eigenvalue weighted by Gasteiger charge is 2.08. The number of rotatable bonds is 2. The van der Waals surface area contributed by atoms with Crippen LogP contribution in [0.1, 0.15) is 21.7 Å². The molecule has 1 N–H and O–H groups in total. The van der Waals surface area contributed by atoms with Gasteiger partial charge in [0.25, 0.3) is 5.91 Å². The zero-order chi connectivity index (χ0) is 13.0. The second-order valence-corrected chi connectivity index (χ2v) is 3.84. The van der Waals surface area contributed by atoms with Crippen LogP contribution in [0.5, 0.6) is 0 Å². The number of aryl methyl sites for hydroxylation is 1. The number of nitrogens with zero attached hydrogens (tertiary/aromatic N) is 2. The Labute approximate surface area is 105 Å². The van der Waals surface area contributed by atoms with Gasteiger partial charge in [-0.15, -0.1) is 0 Å². The van der Waals surface area contributed by atoms with Crippen LogP contribution in [0.25, 0.3) is 0 Å². The SMILES string of the molecule is Cc1cccc(NC(=O)c2cccc(C#N)n2)c1. The van der Waals surface area contributed by atoms with E-state index in [2.05, 4.69) is 10.3 Å². The van der Waals surface area contributed by atoms with Gasteiger partial charge < -0.3 is 5.32 Å². The third kappa shape index (κ3) is 2.71. The summed E-state index contributed by atoms with van der Waals surface area (Å²) in [5.74, 6) is -0.322. The zero-order valence-electron chi connectivity index (χ0n) is 9.84. The van der Waals surface area contributed by atoms with E-state index in [1.54, 1.807) is 24.3 Å². The average Bonchev–Trinajstić information content (AvgIpc) is 2.39. The lowest BCUT2D eigenvalue weighted by atomic mass is 10.2. The number of amides is 1. The van der Waals surface area contributed by atoms with Crippen molar-refractivity contribution in [3.8, 4) is 6.07 Å². The first kappa shape index (κ1) is 11.8. The lowest BCUT2D eigenvalue weighted by Crippen LogP contribution is -2.14. The van der Waals surface area contributed by atoms with E-state index in [1.165, 1.54) is 0 Å². The van der Waals surface area contributed by atoms with Gasteiger partial charge in [0.05, 0.1) is 0 Å². The van der Waals surface area contributed by atoms with Crippen LogP contribution in [-0.4, -0.2) is 10.9 Å².